The van der Waals surface area contributed by atoms with Crippen LogP contribution in [0, 0.1) is 6.92 Å². The zero-order chi connectivity index (χ0) is 23.7. The lowest BCUT2D eigenvalue weighted by atomic mass is 10.1. The van der Waals surface area contributed by atoms with Gasteiger partial charge >= 0.3 is 6.03 Å². The fourth-order valence-electron chi connectivity index (χ4n) is 3.19. The Hall–Kier alpha value is -3.06. The van der Waals surface area contributed by atoms with E-state index in [4.69, 9.17) is 4.74 Å². The summed E-state index contributed by atoms with van der Waals surface area (Å²) in [6.45, 7) is 7.92. The van der Waals surface area contributed by atoms with Gasteiger partial charge in [0.2, 0.25) is 5.91 Å². The number of likely N-dealkylation sites (N-methyl/N-ethyl adjacent to an activating group) is 1. The van der Waals surface area contributed by atoms with E-state index in [0.717, 1.165) is 29.8 Å². The van der Waals surface area contributed by atoms with Crippen molar-refractivity contribution in [1.82, 2.24) is 9.80 Å². The Kier molecular flexibility index (Phi) is 9.53. The quantitative estimate of drug-likeness (QED) is 0.575. The molecule has 174 valence electrons. The summed E-state index contributed by atoms with van der Waals surface area (Å²) in [5.74, 6) is 0.564. The Balaban J connectivity index is 1.94. The van der Waals surface area contributed by atoms with E-state index in [9.17, 15) is 9.59 Å². The number of carbonyl (C=O) groups is 2. The summed E-state index contributed by atoms with van der Waals surface area (Å²) in [6.07, 6.45) is 1.21. The molecule has 0 aliphatic carbocycles. The maximum absolute atomic E-state index is 12.6. The summed E-state index contributed by atoms with van der Waals surface area (Å²) in [6, 6.07) is 13.1. The number of methoxy groups -OCH3 is 1. The standard InChI is InChI=1S/C25H36N4O3/c1-18(2)28(4)14-9-15-29(5)24(30)17-20-12-13-22(23(16-20)32-6)27-25(31)26-21-11-8-7-10-19(21)3/h7-8,10-13,16,18H,9,14-15,17H2,1-6H3,(H2,26,27,31). The second-order valence-electron chi connectivity index (χ2n) is 8.35. The Morgan fingerprint density at radius 2 is 1.69 bits per heavy atom. The van der Waals surface area contributed by atoms with E-state index in [-0.39, 0.29) is 18.4 Å². The van der Waals surface area contributed by atoms with Crippen molar-refractivity contribution in [3.63, 3.8) is 0 Å². The third-order valence-electron chi connectivity index (χ3n) is 5.57. The number of ether oxygens (including phenoxy) is 1. The number of hydrogen-bond donors (Lipinski definition) is 2. The minimum absolute atomic E-state index is 0.0530. The van der Waals surface area contributed by atoms with Gasteiger partial charge < -0.3 is 25.2 Å². The van der Waals surface area contributed by atoms with E-state index in [1.54, 1.807) is 24.1 Å². The second-order valence-corrected chi connectivity index (χ2v) is 8.35. The van der Waals surface area contributed by atoms with Crippen LogP contribution in [0.1, 0.15) is 31.4 Å². The van der Waals surface area contributed by atoms with Crippen LogP contribution in [0.5, 0.6) is 5.75 Å². The van der Waals surface area contributed by atoms with Crippen molar-refractivity contribution < 1.29 is 14.3 Å². The van der Waals surface area contributed by atoms with Crippen LogP contribution in [0.15, 0.2) is 42.5 Å². The number of anilines is 2. The molecule has 0 atom stereocenters. The molecule has 0 aliphatic rings. The number of urea groups is 1. The van der Waals surface area contributed by atoms with E-state index >= 15 is 0 Å². The van der Waals surface area contributed by atoms with E-state index in [1.807, 2.05) is 44.3 Å². The van der Waals surface area contributed by atoms with Crippen molar-refractivity contribution in [2.45, 2.75) is 39.7 Å². The highest BCUT2D eigenvalue weighted by atomic mass is 16.5. The highest BCUT2D eigenvalue weighted by Crippen LogP contribution is 2.26. The smallest absolute Gasteiger partial charge is 0.323 e. The predicted molar refractivity (Wildman–Crippen MR) is 131 cm³/mol. The molecule has 2 rings (SSSR count). The van der Waals surface area contributed by atoms with Gasteiger partial charge in [0.15, 0.2) is 0 Å². The first kappa shape index (κ1) is 25.2. The molecule has 32 heavy (non-hydrogen) atoms. The number of hydrogen-bond acceptors (Lipinski definition) is 4. The summed E-state index contributed by atoms with van der Waals surface area (Å²) in [5, 5.41) is 5.65. The molecule has 0 fully saturated rings. The fourth-order valence-corrected chi connectivity index (χ4v) is 3.19. The summed E-state index contributed by atoms with van der Waals surface area (Å²) in [7, 11) is 5.47. The highest BCUT2D eigenvalue weighted by Gasteiger charge is 2.14. The first-order chi connectivity index (χ1) is 15.2. The van der Waals surface area contributed by atoms with Gasteiger partial charge in [0.25, 0.3) is 0 Å². The molecule has 7 heteroatoms. The van der Waals surface area contributed by atoms with Crippen LogP contribution in [0.2, 0.25) is 0 Å². The molecule has 3 amide bonds. The van der Waals surface area contributed by atoms with Crippen molar-refractivity contribution in [2.75, 3.05) is 44.9 Å². The number of benzene rings is 2. The molecule has 7 nitrogen and oxygen atoms in total. The summed E-state index contributed by atoms with van der Waals surface area (Å²) >= 11 is 0. The van der Waals surface area contributed by atoms with Crippen LogP contribution < -0.4 is 15.4 Å². The Morgan fingerprint density at radius 3 is 2.34 bits per heavy atom. The van der Waals surface area contributed by atoms with Crippen molar-refractivity contribution in [3.8, 4) is 5.75 Å². The van der Waals surface area contributed by atoms with E-state index in [0.29, 0.717) is 24.0 Å². The van der Waals surface area contributed by atoms with Crippen LogP contribution in [0.4, 0.5) is 16.2 Å². The minimum Gasteiger partial charge on any atom is -0.495 e. The average Bonchev–Trinajstić information content (AvgIpc) is 2.76. The van der Waals surface area contributed by atoms with Crippen LogP contribution in [0.25, 0.3) is 0 Å². The molecule has 0 aliphatic heterocycles. The van der Waals surface area contributed by atoms with Crippen molar-refractivity contribution >= 4 is 23.3 Å². The summed E-state index contributed by atoms with van der Waals surface area (Å²) < 4.78 is 5.44. The third-order valence-corrected chi connectivity index (χ3v) is 5.57. The largest absolute Gasteiger partial charge is 0.495 e. The Labute approximate surface area is 191 Å². The van der Waals surface area contributed by atoms with Gasteiger partial charge in [-0.3, -0.25) is 4.79 Å². The number of amides is 3. The second kappa shape index (κ2) is 12.1. The first-order valence-corrected chi connectivity index (χ1v) is 11.0. The monoisotopic (exact) mass is 440 g/mol. The molecular weight excluding hydrogens is 404 g/mol. The van der Waals surface area contributed by atoms with E-state index in [2.05, 4.69) is 36.4 Å². The van der Waals surface area contributed by atoms with Gasteiger partial charge in [-0.1, -0.05) is 24.3 Å². The van der Waals surface area contributed by atoms with Gasteiger partial charge in [-0.25, -0.2) is 4.79 Å². The number of aryl methyl sites for hydroxylation is 1. The molecule has 2 aromatic rings. The zero-order valence-electron chi connectivity index (χ0n) is 20.1. The van der Waals surface area contributed by atoms with Gasteiger partial charge in [0, 0.05) is 25.3 Å². The predicted octanol–water partition coefficient (Wildman–Crippen LogP) is 4.38. The molecule has 0 unspecified atom stereocenters. The Bertz CT molecular complexity index is 914. The topological polar surface area (TPSA) is 73.9 Å². The van der Waals surface area contributed by atoms with Gasteiger partial charge in [0.05, 0.1) is 19.2 Å². The molecule has 2 N–H and O–H groups in total. The molecule has 0 bridgehead atoms. The van der Waals surface area contributed by atoms with E-state index < -0.39 is 0 Å². The molecule has 0 saturated carbocycles. The molecule has 0 saturated heterocycles. The zero-order valence-corrected chi connectivity index (χ0v) is 20.1. The van der Waals surface area contributed by atoms with Gasteiger partial charge in [-0.15, -0.1) is 0 Å². The number of nitrogens with zero attached hydrogens (tertiary/aromatic N) is 2. The summed E-state index contributed by atoms with van der Waals surface area (Å²) in [4.78, 5) is 29.0. The number of para-hydroxylation sites is 1. The van der Waals surface area contributed by atoms with E-state index in [1.165, 1.54) is 0 Å². The highest BCUT2D eigenvalue weighted by molar-refractivity contribution is 6.01. The molecule has 0 spiro atoms. The van der Waals surface area contributed by atoms with Gasteiger partial charge in [0.1, 0.15) is 5.75 Å². The van der Waals surface area contributed by atoms with Crippen LogP contribution in [-0.2, 0) is 11.2 Å². The van der Waals surface area contributed by atoms with Crippen LogP contribution in [0.3, 0.4) is 0 Å². The number of carbonyl (C=O) groups excluding carboxylic acids is 2. The van der Waals surface area contributed by atoms with Crippen molar-refractivity contribution in [1.29, 1.82) is 0 Å². The molecular formula is C25H36N4O3. The van der Waals surface area contributed by atoms with Gasteiger partial charge in [-0.2, -0.15) is 0 Å². The van der Waals surface area contributed by atoms with Gasteiger partial charge in [-0.05, 0) is 70.1 Å². The lowest BCUT2D eigenvalue weighted by Gasteiger charge is -2.23. The Morgan fingerprint density at radius 1 is 1.00 bits per heavy atom. The first-order valence-electron chi connectivity index (χ1n) is 11.0. The molecule has 0 aromatic heterocycles. The lowest BCUT2D eigenvalue weighted by Crippen LogP contribution is -2.33. The van der Waals surface area contributed by atoms with Crippen LogP contribution >= 0.6 is 0 Å². The SMILES string of the molecule is COc1cc(CC(=O)N(C)CCCN(C)C(C)C)ccc1NC(=O)Nc1ccccc1C. The van der Waals surface area contributed by atoms with Crippen molar-refractivity contribution in [2.24, 2.45) is 0 Å². The lowest BCUT2D eigenvalue weighted by molar-refractivity contribution is -0.129. The fraction of sp³-hybridized carbons (Fsp3) is 0.440. The minimum atomic E-state index is -0.354. The van der Waals surface area contributed by atoms with Crippen molar-refractivity contribution in [3.05, 3.63) is 53.6 Å². The van der Waals surface area contributed by atoms with Crippen LogP contribution in [-0.4, -0.2) is 62.1 Å². The number of rotatable bonds is 10. The maximum Gasteiger partial charge on any atom is 0.323 e. The molecule has 2 aromatic carbocycles. The normalized spacial score (nSPS) is 10.9. The summed E-state index contributed by atoms with van der Waals surface area (Å²) in [5.41, 5.74) is 3.10. The average molecular weight is 441 g/mol. The third kappa shape index (κ3) is 7.57. The number of nitrogens with one attached hydrogen (secondary N) is 2. The molecule has 0 heterocycles. The maximum atomic E-state index is 12.6. The molecule has 0 radical (unpaired) electrons.